The zero-order valence-electron chi connectivity index (χ0n) is 13.9. The van der Waals surface area contributed by atoms with Gasteiger partial charge in [0.25, 0.3) is 0 Å². The molecule has 0 aliphatic rings. The fourth-order valence-corrected chi connectivity index (χ4v) is 2.68. The van der Waals surface area contributed by atoms with E-state index in [4.69, 9.17) is 20.9 Å². The third-order valence-electron chi connectivity index (χ3n) is 3.93. The Hall–Kier alpha value is -3.05. The average Bonchev–Trinajstić information content (AvgIpc) is 3.34. The van der Waals surface area contributed by atoms with Crippen LogP contribution in [0.5, 0.6) is 5.75 Å². The summed E-state index contributed by atoms with van der Waals surface area (Å²) in [6.07, 6.45) is 5.37. The van der Waals surface area contributed by atoms with Crippen molar-refractivity contribution < 1.29 is 9.26 Å². The Labute approximate surface area is 155 Å². The smallest absolute Gasteiger partial charge is 0.157 e. The fourth-order valence-electron chi connectivity index (χ4n) is 2.55. The highest BCUT2D eigenvalue weighted by molar-refractivity contribution is 6.30. The van der Waals surface area contributed by atoms with Crippen LogP contribution in [0.15, 0.2) is 77.8 Å². The van der Waals surface area contributed by atoms with E-state index in [9.17, 15) is 0 Å². The molecule has 0 saturated carbocycles. The van der Waals surface area contributed by atoms with Gasteiger partial charge < -0.3 is 13.8 Å². The van der Waals surface area contributed by atoms with Crippen LogP contribution < -0.4 is 4.74 Å². The Morgan fingerprint density at radius 3 is 2.58 bits per heavy atom. The summed E-state index contributed by atoms with van der Waals surface area (Å²) >= 11 is 5.89. The largest absolute Gasteiger partial charge is 0.489 e. The van der Waals surface area contributed by atoms with Crippen molar-refractivity contribution in [2.45, 2.75) is 13.2 Å². The molecule has 2 heterocycles. The summed E-state index contributed by atoms with van der Waals surface area (Å²) < 4.78 is 13.1. The van der Waals surface area contributed by atoms with E-state index in [1.165, 1.54) is 0 Å². The number of ether oxygens (including phenoxy) is 1. The van der Waals surface area contributed by atoms with Gasteiger partial charge in [-0.3, -0.25) is 0 Å². The first-order chi connectivity index (χ1) is 12.8. The SMILES string of the molecule is Clc1ccc(COc2ccc(-c3cc(Cn4ccnc4)on3)cc2)cc1. The highest BCUT2D eigenvalue weighted by atomic mass is 35.5. The zero-order valence-corrected chi connectivity index (χ0v) is 14.6. The monoisotopic (exact) mass is 365 g/mol. The van der Waals surface area contributed by atoms with E-state index in [-0.39, 0.29) is 0 Å². The number of halogens is 1. The van der Waals surface area contributed by atoms with Crippen LogP contribution in [-0.4, -0.2) is 14.7 Å². The first kappa shape index (κ1) is 16.4. The number of hydrogen-bond acceptors (Lipinski definition) is 4. The summed E-state index contributed by atoms with van der Waals surface area (Å²) in [6, 6.07) is 17.3. The lowest BCUT2D eigenvalue weighted by atomic mass is 10.1. The lowest BCUT2D eigenvalue weighted by Gasteiger charge is -2.07. The van der Waals surface area contributed by atoms with E-state index >= 15 is 0 Å². The maximum atomic E-state index is 5.89. The zero-order chi connectivity index (χ0) is 17.8. The highest BCUT2D eigenvalue weighted by Crippen LogP contribution is 2.23. The second-order valence-corrected chi connectivity index (χ2v) is 6.29. The third-order valence-corrected chi connectivity index (χ3v) is 4.18. The summed E-state index contributed by atoms with van der Waals surface area (Å²) in [6.45, 7) is 1.10. The van der Waals surface area contributed by atoms with Gasteiger partial charge in [0.05, 0.1) is 12.9 Å². The van der Waals surface area contributed by atoms with Gasteiger partial charge in [-0.1, -0.05) is 28.9 Å². The predicted octanol–water partition coefficient (Wildman–Crippen LogP) is 4.82. The third kappa shape index (κ3) is 3.95. The summed E-state index contributed by atoms with van der Waals surface area (Å²) in [5.74, 6) is 1.58. The summed E-state index contributed by atoms with van der Waals surface area (Å²) in [4.78, 5) is 4.02. The molecule has 2 aromatic heterocycles. The molecule has 0 N–H and O–H groups in total. The van der Waals surface area contributed by atoms with E-state index in [0.717, 1.165) is 33.4 Å². The molecule has 0 radical (unpaired) electrons. The molecule has 26 heavy (non-hydrogen) atoms. The number of nitrogens with zero attached hydrogens (tertiary/aromatic N) is 3. The van der Waals surface area contributed by atoms with Gasteiger partial charge in [-0.15, -0.1) is 0 Å². The van der Waals surface area contributed by atoms with Crippen molar-refractivity contribution in [3.05, 3.63) is 89.7 Å². The van der Waals surface area contributed by atoms with Crippen molar-refractivity contribution in [2.75, 3.05) is 0 Å². The standard InChI is InChI=1S/C20H16ClN3O2/c21-17-5-1-15(2-6-17)13-25-18-7-3-16(4-8-18)20-11-19(26-23-20)12-24-10-9-22-14-24/h1-11,14H,12-13H2. The molecule has 0 unspecified atom stereocenters. The molecule has 0 atom stereocenters. The van der Waals surface area contributed by atoms with Crippen LogP contribution in [0.4, 0.5) is 0 Å². The van der Waals surface area contributed by atoms with Gasteiger partial charge in [0.2, 0.25) is 0 Å². The normalized spacial score (nSPS) is 10.8. The summed E-state index contributed by atoms with van der Waals surface area (Å²) in [5, 5.41) is 4.86. The molecule has 0 aliphatic carbocycles. The molecule has 5 nitrogen and oxygen atoms in total. The average molecular weight is 366 g/mol. The Balaban J connectivity index is 1.39. The van der Waals surface area contributed by atoms with Gasteiger partial charge in [-0.2, -0.15) is 0 Å². The molecule has 2 aromatic carbocycles. The molecule has 4 aromatic rings. The van der Waals surface area contributed by atoms with E-state index in [1.807, 2.05) is 65.4 Å². The van der Waals surface area contributed by atoms with E-state index in [2.05, 4.69) is 10.1 Å². The van der Waals surface area contributed by atoms with Gasteiger partial charge in [-0.25, -0.2) is 4.98 Å². The van der Waals surface area contributed by atoms with E-state index in [1.54, 1.807) is 12.5 Å². The van der Waals surface area contributed by atoms with Crippen molar-refractivity contribution in [1.29, 1.82) is 0 Å². The Morgan fingerprint density at radius 1 is 1.04 bits per heavy atom. The maximum absolute atomic E-state index is 5.89. The van der Waals surface area contributed by atoms with Crippen LogP contribution in [-0.2, 0) is 13.2 Å². The van der Waals surface area contributed by atoms with Crippen LogP contribution in [0, 0.1) is 0 Å². The number of imidazole rings is 1. The second kappa shape index (κ2) is 7.45. The van der Waals surface area contributed by atoms with Crippen molar-refractivity contribution in [1.82, 2.24) is 14.7 Å². The number of rotatable bonds is 6. The quantitative estimate of drug-likeness (QED) is 0.491. The molecule has 0 spiro atoms. The minimum atomic E-state index is 0.496. The maximum Gasteiger partial charge on any atom is 0.157 e. The highest BCUT2D eigenvalue weighted by Gasteiger charge is 2.07. The Bertz CT molecular complexity index is 961. The first-order valence-electron chi connectivity index (χ1n) is 8.15. The summed E-state index contributed by atoms with van der Waals surface area (Å²) in [7, 11) is 0. The van der Waals surface area contributed by atoms with Crippen LogP contribution in [0.3, 0.4) is 0 Å². The first-order valence-corrected chi connectivity index (χ1v) is 8.53. The topological polar surface area (TPSA) is 53.1 Å². The van der Waals surface area contributed by atoms with Gasteiger partial charge in [0, 0.05) is 29.0 Å². The molecule has 0 fully saturated rings. The van der Waals surface area contributed by atoms with Crippen molar-refractivity contribution in [2.24, 2.45) is 0 Å². The Kier molecular flexibility index (Phi) is 4.71. The molecular weight excluding hydrogens is 350 g/mol. The van der Waals surface area contributed by atoms with Crippen LogP contribution in [0.1, 0.15) is 11.3 Å². The minimum Gasteiger partial charge on any atom is -0.489 e. The van der Waals surface area contributed by atoms with Crippen LogP contribution in [0.25, 0.3) is 11.3 Å². The van der Waals surface area contributed by atoms with E-state index < -0.39 is 0 Å². The predicted molar refractivity (Wildman–Crippen MR) is 99.1 cm³/mol. The number of benzene rings is 2. The van der Waals surface area contributed by atoms with E-state index in [0.29, 0.717) is 13.2 Å². The van der Waals surface area contributed by atoms with Crippen LogP contribution in [0.2, 0.25) is 5.02 Å². The molecule has 0 amide bonds. The number of aromatic nitrogens is 3. The molecular formula is C20H16ClN3O2. The molecule has 130 valence electrons. The second-order valence-electron chi connectivity index (χ2n) is 5.85. The molecule has 0 bridgehead atoms. The summed E-state index contributed by atoms with van der Waals surface area (Å²) in [5.41, 5.74) is 2.84. The molecule has 0 saturated heterocycles. The Morgan fingerprint density at radius 2 is 1.85 bits per heavy atom. The molecule has 0 aliphatic heterocycles. The van der Waals surface area contributed by atoms with Gasteiger partial charge in [0.1, 0.15) is 18.1 Å². The lowest BCUT2D eigenvalue weighted by Crippen LogP contribution is -1.95. The molecule has 6 heteroatoms. The van der Waals surface area contributed by atoms with Crippen LogP contribution >= 0.6 is 11.6 Å². The lowest BCUT2D eigenvalue weighted by molar-refractivity contribution is 0.306. The van der Waals surface area contributed by atoms with Crippen molar-refractivity contribution in [3.8, 4) is 17.0 Å². The van der Waals surface area contributed by atoms with Crippen molar-refractivity contribution in [3.63, 3.8) is 0 Å². The molecule has 4 rings (SSSR count). The number of hydrogen-bond donors (Lipinski definition) is 0. The van der Waals surface area contributed by atoms with Crippen molar-refractivity contribution >= 4 is 11.6 Å². The minimum absolute atomic E-state index is 0.496. The fraction of sp³-hybridized carbons (Fsp3) is 0.100. The van der Waals surface area contributed by atoms with Gasteiger partial charge >= 0.3 is 0 Å². The van der Waals surface area contributed by atoms with Gasteiger partial charge in [0.15, 0.2) is 5.76 Å². The van der Waals surface area contributed by atoms with Gasteiger partial charge in [-0.05, 0) is 42.0 Å².